The minimum Gasteiger partial charge on any atom is -0.508 e. The van der Waals surface area contributed by atoms with Gasteiger partial charge in [0.05, 0.1) is 25.7 Å². The van der Waals surface area contributed by atoms with Crippen LogP contribution in [-0.2, 0) is 41.6 Å². The highest BCUT2D eigenvalue weighted by atomic mass is 32.1. The highest BCUT2D eigenvalue weighted by Crippen LogP contribution is 2.11. The van der Waals surface area contributed by atoms with Crippen LogP contribution in [0.1, 0.15) is 11.1 Å². The molecule has 14 nitrogen and oxygen atoms in total. The Morgan fingerprint density at radius 1 is 0.690 bits per heavy atom. The minimum absolute atomic E-state index is 0.00974. The molecule has 15 heteroatoms. The number of hydrogen-bond acceptors (Lipinski definition) is 9. The van der Waals surface area contributed by atoms with Crippen LogP contribution in [0.2, 0.25) is 0 Å². The van der Waals surface area contributed by atoms with Crippen LogP contribution in [0.4, 0.5) is 0 Å². The number of thiol groups is 1. The molecule has 2 rings (SSSR count). The molecular weight excluding hydrogens is 568 g/mol. The van der Waals surface area contributed by atoms with Gasteiger partial charge < -0.3 is 42.5 Å². The first-order valence-corrected chi connectivity index (χ1v) is 13.4. The van der Waals surface area contributed by atoms with Gasteiger partial charge in [-0.05, 0) is 23.3 Å². The third kappa shape index (κ3) is 12.3. The van der Waals surface area contributed by atoms with E-state index in [-0.39, 0.29) is 24.3 Å². The van der Waals surface area contributed by atoms with Crippen molar-refractivity contribution in [1.29, 1.82) is 0 Å². The highest BCUT2D eigenvalue weighted by Gasteiger charge is 2.24. The molecule has 2 aromatic rings. The smallest absolute Gasteiger partial charge is 0.326 e. The van der Waals surface area contributed by atoms with E-state index >= 15 is 0 Å². The maximum Gasteiger partial charge on any atom is 0.326 e. The first-order valence-electron chi connectivity index (χ1n) is 12.8. The predicted octanol–water partition coefficient (Wildman–Crippen LogP) is -2.16. The lowest BCUT2D eigenvalue weighted by molar-refractivity contribution is -0.141. The first kappa shape index (κ1) is 33.6. The molecule has 226 valence electrons. The Hall–Kier alpha value is -4.63. The number of hydrogen-bond donors (Lipinski definition) is 9. The summed E-state index contributed by atoms with van der Waals surface area (Å²) in [4.78, 5) is 73.2. The van der Waals surface area contributed by atoms with Crippen molar-refractivity contribution < 1.29 is 39.0 Å². The third-order valence-corrected chi connectivity index (χ3v) is 6.16. The summed E-state index contributed by atoms with van der Waals surface area (Å²) in [7, 11) is 0. The molecule has 0 saturated heterocycles. The fourth-order valence-corrected chi connectivity index (χ4v) is 3.70. The molecule has 2 aromatic carbocycles. The van der Waals surface area contributed by atoms with E-state index in [1.165, 1.54) is 24.3 Å². The van der Waals surface area contributed by atoms with Crippen LogP contribution in [0.15, 0.2) is 54.6 Å². The van der Waals surface area contributed by atoms with E-state index in [1.54, 1.807) is 30.3 Å². The third-order valence-electron chi connectivity index (χ3n) is 5.77. The van der Waals surface area contributed by atoms with E-state index in [2.05, 4.69) is 39.2 Å². The van der Waals surface area contributed by atoms with Crippen molar-refractivity contribution in [3.05, 3.63) is 65.7 Å². The molecule has 5 amide bonds. The van der Waals surface area contributed by atoms with Gasteiger partial charge in [0.1, 0.15) is 17.8 Å². The molecule has 3 atom stereocenters. The number of aromatic hydroxyl groups is 1. The van der Waals surface area contributed by atoms with Gasteiger partial charge in [-0.1, -0.05) is 42.5 Å². The quantitative estimate of drug-likeness (QED) is 0.0952. The van der Waals surface area contributed by atoms with Crippen molar-refractivity contribution in [3.63, 3.8) is 0 Å². The Bertz CT molecular complexity index is 1240. The SMILES string of the molecule is N[C@H](CS)C(=O)NCC(=O)NCC(=O)N[C@H](Cc1ccccc1)C(=O)NCC(=O)N[C@H](Cc1ccc(O)cc1)C(=O)O. The molecule has 0 aliphatic heterocycles. The average molecular weight is 603 g/mol. The van der Waals surface area contributed by atoms with Crippen LogP contribution < -0.4 is 32.3 Å². The zero-order valence-electron chi connectivity index (χ0n) is 22.5. The summed E-state index contributed by atoms with van der Waals surface area (Å²) in [5, 5.41) is 30.7. The number of benzene rings is 2. The van der Waals surface area contributed by atoms with Gasteiger partial charge in [-0.15, -0.1) is 0 Å². The monoisotopic (exact) mass is 602 g/mol. The summed E-state index contributed by atoms with van der Waals surface area (Å²) in [5.41, 5.74) is 6.77. The molecule has 0 fully saturated rings. The van der Waals surface area contributed by atoms with Crippen molar-refractivity contribution in [2.75, 3.05) is 25.4 Å². The summed E-state index contributed by atoms with van der Waals surface area (Å²) < 4.78 is 0. The number of rotatable bonds is 16. The van der Waals surface area contributed by atoms with Crippen LogP contribution in [0.3, 0.4) is 0 Å². The molecule has 0 bridgehead atoms. The zero-order chi connectivity index (χ0) is 31.1. The van der Waals surface area contributed by atoms with Gasteiger partial charge in [0.15, 0.2) is 0 Å². The number of carboxylic acids is 1. The lowest BCUT2D eigenvalue weighted by Crippen LogP contribution is -2.53. The summed E-state index contributed by atoms with van der Waals surface area (Å²) in [5.74, 6) is -4.63. The van der Waals surface area contributed by atoms with E-state index in [9.17, 15) is 39.0 Å². The first-order chi connectivity index (χ1) is 20.0. The fourth-order valence-electron chi connectivity index (χ4n) is 3.53. The van der Waals surface area contributed by atoms with E-state index in [4.69, 9.17) is 5.73 Å². The Kier molecular flexibility index (Phi) is 13.8. The summed E-state index contributed by atoms with van der Waals surface area (Å²) in [6.45, 7) is -1.48. The normalized spacial score (nSPS) is 12.6. The standard InChI is InChI=1S/C27H34N6O8S/c28-19(15-42)25(38)30-12-22(35)29-13-23(36)32-20(10-16-4-2-1-3-5-16)26(39)31-14-24(37)33-21(27(40)41)11-17-6-8-18(34)9-7-17/h1-9,19-21,34,42H,10-15,28H2,(H,29,35)(H,30,38)(H,31,39)(H,32,36)(H,33,37)(H,40,41)/t19-,20-,21-/m1/s1. The predicted molar refractivity (Wildman–Crippen MR) is 154 cm³/mol. The second kappa shape index (κ2) is 17.2. The topological polar surface area (TPSA) is 229 Å². The van der Waals surface area contributed by atoms with E-state index in [1.807, 2.05) is 0 Å². The number of carbonyl (C=O) groups is 6. The van der Waals surface area contributed by atoms with E-state index in [0.717, 1.165) is 0 Å². The number of carbonyl (C=O) groups excluding carboxylic acids is 5. The largest absolute Gasteiger partial charge is 0.508 e. The summed E-state index contributed by atoms with van der Waals surface area (Å²) in [6.07, 6.45) is 0.00361. The molecule has 0 aliphatic carbocycles. The van der Waals surface area contributed by atoms with Crippen LogP contribution in [0.5, 0.6) is 5.75 Å². The van der Waals surface area contributed by atoms with Crippen molar-refractivity contribution in [2.45, 2.75) is 31.0 Å². The molecule has 42 heavy (non-hydrogen) atoms. The molecule has 0 unspecified atom stereocenters. The lowest BCUT2D eigenvalue weighted by atomic mass is 10.0. The Balaban J connectivity index is 1.93. The number of phenols is 1. The van der Waals surface area contributed by atoms with Crippen LogP contribution in [0.25, 0.3) is 0 Å². The second-order valence-corrected chi connectivity index (χ2v) is 9.51. The summed E-state index contributed by atoms with van der Waals surface area (Å²) in [6, 6.07) is 11.2. The zero-order valence-corrected chi connectivity index (χ0v) is 23.4. The van der Waals surface area contributed by atoms with Gasteiger partial charge in [-0.3, -0.25) is 24.0 Å². The van der Waals surface area contributed by atoms with Crippen molar-refractivity contribution in [3.8, 4) is 5.75 Å². The Labute approximate surface area is 247 Å². The van der Waals surface area contributed by atoms with Gasteiger partial charge in [-0.25, -0.2) is 4.79 Å². The highest BCUT2D eigenvalue weighted by molar-refractivity contribution is 7.80. The number of aliphatic carboxylic acids is 1. The van der Waals surface area contributed by atoms with Crippen LogP contribution >= 0.6 is 12.6 Å². The Morgan fingerprint density at radius 2 is 1.19 bits per heavy atom. The van der Waals surface area contributed by atoms with Gasteiger partial charge in [0.2, 0.25) is 29.5 Å². The van der Waals surface area contributed by atoms with E-state index in [0.29, 0.717) is 11.1 Å². The summed E-state index contributed by atoms with van der Waals surface area (Å²) >= 11 is 3.90. The number of amides is 5. The molecule has 0 spiro atoms. The van der Waals surface area contributed by atoms with Gasteiger partial charge in [0, 0.05) is 18.6 Å². The molecular formula is C27H34N6O8S. The number of carboxylic acid groups (broad SMARTS) is 1. The minimum atomic E-state index is -1.29. The van der Waals surface area contributed by atoms with Crippen LogP contribution in [0, 0.1) is 0 Å². The molecule has 0 saturated carbocycles. The maximum absolute atomic E-state index is 12.9. The van der Waals surface area contributed by atoms with Gasteiger partial charge in [0.25, 0.3) is 0 Å². The molecule has 9 N–H and O–H groups in total. The second-order valence-electron chi connectivity index (χ2n) is 9.14. The lowest BCUT2D eigenvalue weighted by Gasteiger charge is -2.20. The van der Waals surface area contributed by atoms with Gasteiger partial charge in [-0.2, -0.15) is 12.6 Å². The average Bonchev–Trinajstić information content (AvgIpc) is 2.97. The van der Waals surface area contributed by atoms with Crippen molar-refractivity contribution >= 4 is 48.1 Å². The maximum atomic E-state index is 12.9. The molecule has 0 heterocycles. The van der Waals surface area contributed by atoms with Gasteiger partial charge >= 0.3 is 5.97 Å². The van der Waals surface area contributed by atoms with E-state index < -0.39 is 73.3 Å². The molecule has 0 radical (unpaired) electrons. The number of nitrogens with two attached hydrogens (primary N) is 1. The molecule has 0 aliphatic rings. The van der Waals surface area contributed by atoms with Crippen molar-refractivity contribution in [2.24, 2.45) is 5.73 Å². The van der Waals surface area contributed by atoms with Crippen molar-refractivity contribution in [1.82, 2.24) is 26.6 Å². The fraction of sp³-hybridized carbons (Fsp3) is 0.333. The molecule has 0 aromatic heterocycles. The van der Waals surface area contributed by atoms with Crippen LogP contribution in [-0.4, -0.2) is 89.2 Å². The Morgan fingerprint density at radius 3 is 1.79 bits per heavy atom. The number of nitrogens with one attached hydrogen (secondary N) is 5. The number of phenolic OH excluding ortho intramolecular Hbond substituents is 1.